The molecule has 0 N–H and O–H groups in total. The Morgan fingerprint density at radius 3 is 1.80 bits per heavy atom. The Hall–Kier alpha value is -0.570. The first-order valence-corrected chi connectivity index (χ1v) is 8.63. The average molecular weight is 286 g/mol. The highest BCUT2D eigenvalue weighted by Crippen LogP contribution is 2.10. The molecule has 0 heterocycles. The standard InChI is InChI=1S/C17H34O3/c1-3-5-7-8-9-10-11-12-13-15-17(18)20-19-16-14-6-4-2/h3-16H2,1-2H3. The molecule has 0 saturated carbocycles. The smallest absolute Gasteiger partial charge is 0.298 e. The monoisotopic (exact) mass is 286 g/mol. The van der Waals surface area contributed by atoms with E-state index >= 15 is 0 Å². The van der Waals surface area contributed by atoms with Crippen LogP contribution >= 0.6 is 0 Å². The number of rotatable bonds is 15. The normalized spacial score (nSPS) is 10.7. The van der Waals surface area contributed by atoms with Crippen molar-refractivity contribution in [3.63, 3.8) is 0 Å². The molecule has 0 spiro atoms. The van der Waals surface area contributed by atoms with Crippen LogP contribution < -0.4 is 0 Å². The van der Waals surface area contributed by atoms with Gasteiger partial charge in [-0.15, -0.1) is 0 Å². The molecular formula is C17H34O3. The summed E-state index contributed by atoms with van der Waals surface area (Å²) in [5.41, 5.74) is 0. The van der Waals surface area contributed by atoms with E-state index in [-0.39, 0.29) is 5.97 Å². The topological polar surface area (TPSA) is 35.5 Å². The van der Waals surface area contributed by atoms with Gasteiger partial charge in [0.2, 0.25) is 0 Å². The number of hydrogen-bond acceptors (Lipinski definition) is 3. The fraction of sp³-hybridized carbons (Fsp3) is 0.941. The van der Waals surface area contributed by atoms with E-state index in [1.165, 1.54) is 44.9 Å². The number of carbonyl (C=O) groups is 1. The van der Waals surface area contributed by atoms with Gasteiger partial charge in [0.25, 0.3) is 0 Å². The van der Waals surface area contributed by atoms with Gasteiger partial charge >= 0.3 is 5.97 Å². The molecule has 20 heavy (non-hydrogen) atoms. The molecule has 0 radical (unpaired) electrons. The molecule has 3 nitrogen and oxygen atoms in total. The zero-order chi connectivity index (χ0) is 14.9. The highest BCUT2D eigenvalue weighted by atomic mass is 17.2. The summed E-state index contributed by atoms with van der Waals surface area (Å²) in [6, 6.07) is 0. The van der Waals surface area contributed by atoms with Crippen LogP contribution in [0.2, 0.25) is 0 Å². The lowest BCUT2D eigenvalue weighted by atomic mass is 10.1. The van der Waals surface area contributed by atoms with Gasteiger partial charge in [-0.2, -0.15) is 4.89 Å². The van der Waals surface area contributed by atoms with Gasteiger partial charge in [-0.1, -0.05) is 78.1 Å². The summed E-state index contributed by atoms with van der Waals surface area (Å²) < 4.78 is 0. The van der Waals surface area contributed by atoms with Crippen molar-refractivity contribution in [1.29, 1.82) is 0 Å². The van der Waals surface area contributed by atoms with Crippen LogP contribution in [0.5, 0.6) is 0 Å². The van der Waals surface area contributed by atoms with Crippen molar-refractivity contribution < 1.29 is 14.6 Å². The maximum Gasteiger partial charge on any atom is 0.342 e. The molecule has 0 unspecified atom stereocenters. The molecule has 0 aromatic rings. The van der Waals surface area contributed by atoms with Crippen molar-refractivity contribution >= 4 is 5.97 Å². The minimum absolute atomic E-state index is 0.218. The Bertz CT molecular complexity index is 204. The maximum atomic E-state index is 11.3. The van der Waals surface area contributed by atoms with E-state index in [0.29, 0.717) is 13.0 Å². The van der Waals surface area contributed by atoms with Gasteiger partial charge in [0.05, 0.1) is 6.61 Å². The van der Waals surface area contributed by atoms with Crippen molar-refractivity contribution in [2.75, 3.05) is 6.61 Å². The Labute approximate surface area is 125 Å². The van der Waals surface area contributed by atoms with Gasteiger partial charge in [0, 0.05) is 6.42 Å². The van der Waals surface area contributed by atoms with Crippen LogP contribution in [0.3, 0.4) is 0 Å². The summed E-state index contributed by atoms with van der Waals surface area (Å²) >= 11 is 0. The van der Waals surface area contributed by atoms with Crippen LogP contribution in [0, 0.1) is 0 Å². The van der Waals surface area contributed by atoms with E-state index in [1.807, 2.05) is 0 Å². The predicted octanol–water partition coefficient (Wildman–Crippen LogP) is 5.57. The van der Waals surface area contributed by atoms with Crippen molar-refractivity contribution in [2.45, 2.75) is 97.3 Å². The minimum atomic E-state index is -0.218. The quantitative estimate of drug-likeness (QED) is 0.224. The molecule has 0 bridgehead atoms. The second-order valence-electron chi connectivity index (χ2n) is 5.56. The van der Waals surface area contributed by atoms with E-state index in [2.05, 4.69) is 13.8 Å². The van der Waals surface area contributed by atoms with Crippen molar-refractivity contribution in [3.05, 3.63) is 0 Å². The molecule has 0 saturated heterocycles. The number of carbonyl (C=O) groups excluding carboxylic acids is 1. The molecule has 0 aromatic carbocycles. The van der Waals surface area contributed by atoms with Gasteiger partial charge in [-0.25, -0.2) is 4.79 Å². The number of hydrogen-bond donors (Lipinski definition) is 0. The third-order valence-electron chi connectivity index (χ3n) is 3.47. The van der Waals surface area contributed by atoms with Crippen LogP contribution in [0.25, 0.3) is 0 Å². The molecule has 0 rings (SSSR count). The summed E-state index contributed by atoms with van der Waals surface area (Å²) in [6.07, 6.45) is 15.0. The van der Waals surface area contributed by atoms with Gasteiger partial charge in [0.15, 0.2) is 0 Å². The Balaban J connectivity index is 3.11. The highest BCUT2D eigenvalue weighted by Gasteiger charge is 2.03. The lowest BCUT2D eigenvalue weighted by Crippen LogP contribution is -2.06. The van der Waals surface area contributed by atoms with Crippen molar-refractivity contribution in [3.8, 4) is 0 Å². The van der Waals surface area contributed by atoms with Crippen LogP contribution in [-0.4, -0.2) is 12.6 Å². The van der Waals surface area contributed by atoms with Crippen LogP contribution in [-0.2, 0) is 14.6 Å². The molecule has 0 atom stereocenters. The lowest BCUT2D eigenvalue weighted by Gasteiger charge is -2.04. The zero-order valence-corrected chi connectivity index (χ0v) is 13.6. The first kappa shape index (κ1) is 19.4. The summed E-state index contributed by atoms with van der Waals surface area (Å²) in [5, 5.41) is 0. The van der Waals surface area contributed by atoms with E-state index in [9.17, 15) is 4.79 Å². The van der Waals surface area contributed by atoms with Gasteiger partial charge in [0.1, 0.15) is 0 Å². The molecule has 0 aliphatic carbocycles. The predicted molar refractivity (Wildman–Crippen MR) is 83.4 cm³/mol. The van der Waals surface area contributed by atoms with Gasteiger partial charge < -0.3 is 0 Å². The Kier molecular flexibility index (Phi) is 16.0. The molecule has 3 heteroatoms. The molecular weight excluding hydrogens is 252 g/mol. The van der Waals surface area contributed by atoms with Crippen LogP contribution in [0.4, 0.5) is 0 Å². The summed E-state index contributed by atoms with van der Waals surface area (Å²) in [5.74, 6) is -0.218. The summed E-state index contributed by atoms with van der Waals surface area (Å²) in [6.45, 7) is 4.90. The average Bonchev–Trinajstić information content (AvgIpc) is 2.45. The second-order valence-corrected chi connectivity index (χ2v) is 5.56. The molecule has 0 aromatic heterocycles. The van der Waals surface area contributed by atoms with Crippen LogP contribution in [0.15, 0.2) is 0 Å². The molecule has 0 fully saturated rings. The van der Waals surface area contributed by atoms with Crippen molar-refractivity contribution in [2.24, 2.45) is 0 Å². The fourth-order valence-corrected chi connectivity index (χ4v) is 2.14. The minimum Gasteiger partial charge on any atom is -0.298 e. The Morgan fingerprint density at radius 1 is 0.700 bits per heavy atom. The van der Waals surface area contributed by atoms with E-state index < -0.39 is 0 Å². The second kappa shape index (κ2) is 16.5. The van der Waals surface area contributed by atoms with E-state index in [4.69, 9.17) is 9.78 Å². The maximum absolute atomic E-state index is 11.3. The van der Waals surface area contributed by atoms with Crippen molar-refractivity contribution in [1.82, 2.24) is 0 Å². The van der Waals surface area contributed by atoms with E-state index in [1.54, 1.807) is 0 Å². The molecule has 0 amide bonds. The van der Waals surface area contributed by atoms with Gasteiger partial charge in [-0.3, -0.25) is 4.89 Å². The number of unbranched alkanes of at least 4 members (excludes halogenated alkanes) is 10. The molecule has 120 valence electrons. The summed E-state index contributed by atoms with van der Waals surface area (Å²) in [7, 11) is 0. The first-order chi connectivity index (χ1) is 9.81. The SMILES string of the molecule is CCCCCCCCCCCC(=O)OOCCCCC. The Morgan fingerprint density at radius 2 is 1.20 bits per heavy atom. The van der Waals surface area contributed by atoms with Crippen LogP contribution in [0.1, 0.15) is 97.3 Å². The lowest BCUT2D eigenvalue weighted by molar-refractivity contribution is -0.272. The fourth-order valence-electron chi connectivity index (χ4n) is 2.14. The van der Waals surface area contributed by atoms with Gasteiger partial charge in [-0.05, 0) is 12.8 Å². The largest absolute Gasteiger partial charge is 0.342 e. The highest BCUT2D eigenvalue weighted by molar-refractivity contribution is 5.68. The summed E-state index contributed by atoms with van der Waals surface area (Å²) in [4.78, 5) is 20.9. The molecule has 0 aliphatic rings. The third kappa shape index (κ3) is 15.5. The zero-order valence-electron chi connectivity index (χ0n) is 13.6. The first-order valence-electron chi connectivity index (χ1n) is 8.63. The molecule has 0 aliphatic heterocycles. The van der Waals surface area contributed by atoms with E-state index in [0.717, 1.165) is 32.1 Å². The third-order valence-corrected chi connectivity index (χ3v) is 3.47.